The van der Waals surface area contributed by atoms with Gasteiger partial charge in [0, 0.05) is 30.2 Å². The highest BCUT2D eigenvalue weighted by Crippen LogP contribution is 2.17. The van der Waals surface area contributed by atoms with Crippen LogP contribution in [0.5, 0.6) is 5.75 Å². The molecule has 1 aromatic heterocycles. The first-order chi connectivity index (χ1) is 9.70. The van der Waals surface area contributed by atoms with Gasteiger partial charge in [0.05, 0.1) is 6.61 Å². The molecule has 2 N–H and O–H groups in total. The number of amides is 1. The number of pyridine rings is 1. The van der Waals surface area contributed by atoms with E-state index < -0.39 is 5.91 Å². The predicted octanol–water partition coefficient (Wildman–Crippen LogP) is 2.42. The Hall–Kier alpha value is -2.56. The number of ether oxygens (including phenoxy) is 1. The molecule has 0 spiro atoms. The van der Waals surface area contributed by atoms with Crippen LogP contribution >= 0.6 is 0 Å². The van der Waals surface area contributed by atoms with E-state index in [2.05, 4.69) is 10.3 Å². The summed E-state index contributed by atoms with van der Waals surface area (Å²) in [5.74, 6) is 0.242. The molecule has 0 atom stereocenters. The maximum absolute atomic E-state index is 12.0. The summed E-state index contributed by atoms with van der Waals surface area (Å²) in [6.45, 7) is 2.64. The van der Waals surface area contributed by atoms with Crippen LogP contribution < -0.4 is 15.5 Å². The molecule has 1 heterocycles. The SMILES string of the molecule is CCCOc1cccc(NC(=O)c2c[nH]ccc2=O)c1. The molecule has 0 unspecified atom stereocenters. The summed E-state index contributed by atoms with van der Waals surface area (Å²) < 4.78 is 5.49. The maximum Gasteiger partial charge on any atom is 0.261 e. The lowest BCUT2D eigenvalue weighted by molar-refractivity contribution is 0.102. The largest absolute Gasteiger partial charge is 0.494 e. The fourth-order valence-electron chi connectivity index (χ4n) is 1.68. The molecule has 0 bridgehead atoms. The van der Waals surface area contributed by atoms with Crippen LogP contribution in [0.3, 0.4) is 0 Å². The number of anilines is 1. The van der Waals surface area contributed by atoms with Crippen LogP contribution in [0.4, 0.5) is 5.69 Å². The van der Waals surface area contributed by atoms with E-state index in [-0.39, 0.29) is 11.0 Å². The van der Waals surface area contributed by atoms with E-state index in [1.165, 1.54) is 18.5 Å². The van der Waals surface area contributed by atoms with Crippen molar-refractivity contribution >= 4 is 11.6 Å². The fourth-order valence-corrected chi connectivity index (χ4v) is 1.68. The van der Waals surface area contributed by atoms with Gasteiger partial charge in [0.2, 0.25) is 0 Å². The van der Waals surface area contributed by atoms with Crippen molar-refractivity contribution in [2.45, 2.75) is 13.3 Å². The van der Waals surface area contributed by atoms with Crippen molar-refractivity contribution < 1.29 is 9.53 Å². The molecule has 0 aliphatic carbocycles. The van der Waals surface area contributed by atoms with Crippen molar-refractivity contribution in [3.63, 3.8) is 0 Å². The van der Waals surface area contributed by atoms with Crippen LogP contribution in [-0.4, -0.2) is 17.5 Å². The van der Waals surface area contributed by atoms with Crippen LogP contribution in [0, 0.1) is 0 Å². The van der Waals surface area contributed by atoms with E-state index in [1.807, 2.05) is 13.0 Å². The highest BCUT2D eigenvalue weighted by atomic mass is 16.5. The third kappa shape index (κ3) is 3.47. The summed E-state index contributed by atoms with van der Waals surface area (Å²) in [6, 6.07) is 8.39. The Balaban J connectivity index is 2.12. The number of carbonyl (C=O) groups excluding carboxylic acids is 1. The number of hydrogen-bond donors (Lipinski definition) is 2. The first-order valence-electron chi connectivity index (χ1n) is 6.42. The third-order valence-electron chi connectivity index (χ3n) is 2.63. The Morgan fingerprint density at radius 2 is 2.20 bits per heavy atom. The van der Waals surface area contributed by atoms with Crippen LogP contribution in [0.1, 0.15) is 23.7 Å². The van der Waals surface area contributed by atoms with Crippen LogP contribution in [-0.2, 0) is 0 Å². The van der Waals surface area contributed by atoms with Crippen molar-refractivity contribution in [3.8, 4) is 5.75 Å². The Morgan fingerprint density at radius 1 is 1.35 bits per heavy atom. The second kappa shape index (κ2) is 6.56. The van der Waals surface area contributed by atoms with Gasteiger partial charge in [-0.1, -0.05) is 13.0 Å². The minimum absolute atomic E-state index is 0.0763. The smallest absolute Gasteiger partial charge is 0.261 e. The maximum atomic E-state index is 12.0. The number of aromatic amines is 1. The van der Waals surface area contributed by atoms with Gasteiger partial charge in [0.25, 0.3) is 5.91 Å². The molecule has 0 saturated carbocycles. The van der Waals surface area contributed by atoms with E-state index in [0.29, 0.717) is 18.0 Å². The van der Waals surface area contributed by atoms with E-state index >= 15 is 0 Å². The lowest BCUT2D eigenvalue weighted by Gasteiger charge is -2.08. The summed E-state index contributed by atoms with van der Waals surface area (Å²) in [7, 11) is 0. The molecule has 1 aromatic carbocycles. The number of hydrogen-bond acceptors (Lipinski definition) is 3. The number of aromatic nitrogens is 1. The van der Waals surface area contributed by atoms with Crippen molar-refractivity contribution in [2.24, 2.45) is 0 Å². The average molecular weight is 272 g/mol. The minimum Gasteiger partial charge on any atom is -0.494 e. The molecule has 0 fully saturated rings. The van der Waals surface area contributed by atoms with Crippen LogP contribution in [0.2, 0.25) is 0 Å². The van der Waals surface area contributed by atoms with Gasteiger partial charge in [-0.15, -0.1) is 0 Å². The first kappa shape index (κ1) is 13.9. The summed E-state index contributed by atoms with van der Waals surface area (Å²) in [4.78, 5) is 26.3. The highest BCUT2D eigenvalue weighted by molar-refractivity contribution is 6.04. The normalized spacial score (nSPS) is 10.1. The molecule has 2 aromatic rings. The molecule has 5 heteroatoms. The summed E-state index contributed by atoms with van der Waals surface area (Å²) in [5.41, 5.74) is 0.346. The Morgan fingerprint density at radius 3 is 2.95 bits per heavy atom. The van der Waals surface area contributed by atoms with Crippen molar-refractivity contribution in [1.82, 2.24) is 4.98 Å². The molecule has 5 nitrogen and oxygen atoms in total. The Labute approximate surface area is 116 Å². The molecule has 0 aliphatic rings. The lowest BCUT2D eigenvalue weighted by atomic mass is 10.2. The summed E-state index contributed by atoms with van der Waals surface area (Å²) in [5, 5.41) is 2.68. The first-order valence-corrected chi connectivity index (χ1v) is 6.42. The topological polar surface area (TPSA) is 71.2 Å². The van der Waals surface area contributed by atoms with Crippen molar-refractivity contribution in [3.05, 3.63) is 58.5 Å². The molecule has 20 heavy (non-hydrogen) atoms. The van der Waals surface area contributed by atoms with Gasteiger partial charge in [0.1, 0.15) is 11.3 Å². The number of rotatable bonds is 5. The molecule has 2 rings (SSSR count). The molecule has 1 amide bonds. The van der Waals surface area contributed by atoms with E-state index in [1.54, 1.807) is 18.2 Å². The molecular formula is C15H16N2O3. The Kier molecular flexibility index (Phi) is 4.55. The molecule has 104 valence electrons. The van der Waals surface area contributed by atoms with Gasteiger partial charge >= 0.3 is 0 Å². The number of nitrogens with one attached hydrogen (secondary N) is 2. The van der Waals surface area contributed by atoms with Crippen molar-refractivity contribution in [2.75, 3.05) is 11.9 Å². The van der Waals surface area contributed by atoms with Crippen molar-refractivity contribution in [1.29, 1.82) is 0 Å². The second-order valence-electron chi connectivity index (χ2n) is 4.25. The van der Waals surface area contributed by atoms with E-state index in [9.17, 15) is 9.59 Å². The predicted molar refractivity (Wildman–Crippen MR) is 77.2 cm³/mol. The van der Waals surface area contributed by atoms with Crippen LogP contribution in [0.25, 0.3) is 0 Å². The molecule has 0 saturated heterocycles. The van der Waals surface area contributed by atoms with Gasteiger partial charge in [0.15, 0.2) is 5.43 Å². The molecular weight excluding hydrogens is 256 g/mol. The van der Waals surface area contributed by atoms with Gasteiger partial charge < -0.3 is 15.0 Å². The van der Waals surface area contributed by atoms with Gasteiger partial charge in [-0.3, -0.25) is 9.59 Å². The highest BCUT2D eigenvalue weighted by Gasteiger charge is 2.09. The monoisotopic (exact) mass is 272 g/mol. The zero-order valence-electron chi connectivity index (χ0n) is 11.2. The summed E-state index contributed by atoms with van der Waals surface area (Å²) in [6.07, 6.45) is 3.78. The third-order valence-corrected chi connectivity index (χ3v) is 2.63. The second-order valence-corrected chi connectivity index (χ2v) is 4.25. The molecule has 0 aliphatic heterocycles. The molecule has 0 radical (unpaired) electrons. The zero-order chi connectivity index (χ0) is 14.4. The van der Waals surface area contributed by atoms with E-state index in [4.69, 9.17) is 4.74 Å². The van der Waals surface area contributed by atoms with Gasteiger partial charge in [-0.25, -0.2) is 0 Å². The quantitative estimate of drug-likeness (QED) is 0.878. The van der Waals surface area contributed by atoms with E-state index in [0.717, 1.165) is 6.42 Å². The fraction of sp³-hybridized carbons (Fsp3) is 0.200. The average Bonchev–Trinajstić information content (AvgIpc) is 2.46. The lowest BCUT2D eigenvalue weighted by Crippen LogP contribution is -2.20. The van der Waals surface area contributed by atoms with Gasteiger partial charge in [-0.05, 0) is 18.6 Å². The minimum atomic E-state index is -0.445. The number of H-pyrrole nitrogens is 1. The van der Waals surface area contributed by atoms with Gasteiger partial charge in [-0.2, -0.15) is 0 Å². The summed E-state index contributed by atoms with van der Waals surface area (Å²) >= 11 is 0. The van der Waals surface area contributed by atoms with Crippen LogP contribution in [0.15, 0.2) is 47.5 Å². The Bertz CT molecular complexity index is 649. The number of benzene rings is 1. The number of carbonyl (C=O) groups is 1. The zero-order valence-corrected chi connectivity index (χ0v) is 11.2. The standard InChI is InChI=1S/C15H16N2O3/c1-2-8-20-12-5-3-4-11(9-12)17-15(19)13-10-16-7-6-14(13)18/h3-7,9-10H,2,8H2,1H3,(H,16,18)(H,17,19).